The number of azide groups is 1. The molecule has 2 aromatic carbocycles. The number of benzene rings is 2. The number of hydrogen-bond donors (Lipinski definition) is 0. The van der Waals surface area contributed by atoms with Crippen LogP contribution in [0, 0.1) is 0 Å². The highest BCUT2D eigenvalue weighted by Gasteiger charge is 2.13. The maximum atomic E-state index is 8.56. The Kier molecular flexibility index (Phi) is 4.08. The van der Waals surface area contributed by atoms with Gasteiger partial charge in [0.1, 0.15) is 17.1 Å². The van der Waals surface area contributed by atoms with Crippen molar-refractivity contribution in [2.24, 2.45) is 5.11 Å². The van der Waals surface area contributed by atoms with E-state index in [-0.39, 0.29) is 6.04 Å². The van der Waals surface area contributed by atoms with Crippen LogP contribution in [-0.4, -0.2) is 6.61 Å². The number of furan rings is 1. The van der Waals surface area contributed by atoms with Crippen LogP contribution in [0.5, 0.6) is 5.75 Å². The van der Waals surface area contributed by atoms with Crippen LogP contribution in [0.15, 0.2) is 52.0 Å². The maximum absolute atomic E-state index is 8.56. The fourth-order valence-electron chi connectivity index (χ4n) is 3.28. The Bertz CT molecular complexity index is 970. The molecule has 1 unspecified atom stereocenters. The normalized spacial score (nSPS) is 14.0. The van der Waals surface area contributed by atoms with Crippen molar-refractivity contribution in [1.82, 2.24) is 0 Å². The molecule has 0 N–H and O–H groups in total. The molecule has 1 aromatic heterocycles. The number of aryl methyl sites for hydroxylation is 2. The molecule has 0 bridgehead atoms. The first-order chi connectivity index (χ1) is 12.2. The Morgan fingerprint density at radius 3 is 2.76 bits per heavy atom. The molecule has 126 valence electrons. The number of nitrogens with zero attached hydrogens (tertiary/aromatic N) is 3. The van der Waals surface area contributed by atoms with Crippen molar-refractivity contribution in [3.05, 3.63) is 75.4 Å². The Hall–Kier alpha value is -2.91. The topological polar surface area (TPSA) is 71.1 Å². The molecule has 0 spiro atoms. The zero-order chi connectivity index (χ0) is 17.2. The summed E-state index contributed by atoms with van der Waals surface area (Å²) in [6.45, 7) is 2.63. The van der Waals surface area contributed by atoms with Crippen LogP contribution in [0.1, 0.15) is 35.4 Å². The van der Waals surface area contributed by atoms with E-state index in [1.54, 1.807) is 0 Å². The fraction of sp³-hybridized carbons (Fsp3) is 0.300. The quantitative estimate of drug-likeness (QED) is 0.350. The summed E-state index contributed by atoms with van der Waals surface area (Å²) in [7, 11) is 0. The second-order valence-corrected chi connectivity index (χ2v) is 6.44. The van der Waals surface area contributed by atoms with E-state index in [9.17, 15) is 0 Å². The molecule has 0 aliphatic carbocycles. The molecule has 1 aliphatic heterocycles. The van der Waals surface area contributed by atoms with E-state index in [0.717, 1.165) is 42.6 Å². The van der Waals surface area contributed by atoms with Crippen LogP contribution >= 0.6 is 0 Å². The molecule has 0 saturated carbocycles. The highest BCUT2D eigenvalue weighted by molar-refractivity contribution is 5.78. The van der Waals surface area contributed by atoms with Gasteiger partial charge in [-0.05, 0) is 60.2 Å². The van der Waals surface area contributed by atoms with Crippen LogP contribution in [0.2, 0.25) is 0 Å². The number of ether oxygens (including phenoxy) is 1. The summed E-state index contributed by atoms with van der Waals surface area (Å²) >= 11 is 0. The van der Waals surface area contributed by atoms with Gasteiger partial charge in [0.25, 0.3) is 0 Å². The summed E-state index contributed by atoms with van der Waals surface area (Å²) in [4.78, 5) is 2.84. The van der Waals surface area contributed by atoms with Crippen LogP contribution in [0.3, 0.4) is 0 Å². The summed E-state index contributed by atoms with van der Waals surface area (Å²) < 4.78 is 11.4. The first kappa shape index (κ1) is 15.6. The molecule has 5 nitrogen and oxygen atoms in total. The molecule has 0 fully saturated rings. The van der Waals surface area contributed by atoms with Crippen molar-refractivity contribution in [1.29, 1.82) is 0 Å². The van der Waals surface area contributed by atoms with Gasteiger partial charge in [-0.1, -0.05) is 29.4 Å². The lowest BCUT2D eigenvalue weighted by Gasteiger charge is -2.05. The summed E-state index contributed by atoms with van der Waals surface area (Å²) in [5.41, 5.74) is 13.3. The Morgan fingerprint density at radius 1 is 1.12 bits per heavy atom. The van der Waals surface area contributed by atoms with Gasteiger partial charge in [-0.2, -0.15) is 0 Å². The highest BCUT2D eigenvalue weighted by Crippen LogP contribution is 2.28. The van der Waals surface area contributed by atoms with Gasteiger partial charge in [0.05, 0.1) is 12.6 Å². The third-order valence-electron chi connectivity index (χ3n) is 4.70. The van der Waals surface area contributed by atoms with Crippen molar-refractivity contribution in [3.63, 3.8) is 0 Å². The average molecular weight is 333 g/mol. The van der Waals surface area contributed by atoms with E-state index >= 15 is 0 Å². The number of rotatable bonds is 5. The molecule has 25 heavy (non-hydrogen) atoms. The fourth-order valence-corrected chi connectivity index (χ4v) is 3.28. The summed E-state index contributed by atoms with van der Waals surface area (Å²) in [6.07, 6.45) is 2.95. The van der Waals surface area contributed by atoms with Gasteiger partial charge in [-0.3, -0.25) is 0 Å². The second kappa shape index (κ2) is 6.54. The monoisotopic (exact) mass is 333 g/mol. The maximum Gasteiger partial charge on any atom is 0.134 e. The molecule has 0 amide bonds. The molecule has 2 heterocycles. The number of hydrogen-bond acceptors (Lipinski definition) is 3. The standard InChI is InChI=1S/C20H19N3O2/c1-13(22-23-21)19-12-16-6-4-15(11-20(16)25-19)3-2-14-5-7-18-17(10-14)8-9-24-18/h4-7,10-13H,2-3,8-9H2,1H3. The van der Waals surface area contributed by atoms with Gasteiger partial charge in [0.2, 0.25) is 0 Å². The smallest absolute Gasteiger partial charge is 0.134 e. The first-order valence-corrected chi connectivity index (χ1v) is 8.54. The average Bonchev–Trinajstić information content (AvgIpc) is 3.25. The van der Waals surface area contributed by atoms with Crippen LogP contribution in [0.4, 0.5) is 0 Å². The van der Waals surface area contributed by atoms with Crippen molar-refractivity contribution < 1.29 is 9.15 Å². The van der Waals surface area contributed by atoms with E-state index in [2.05, 4.69) is 46.4 Å². The van der Waals surface area contributed by atoms with Gasteiger partial charge in [0.15, 0.2) is 0 Å². The lowest BCUT2D eigenvalue weighted by atomic mass is 10.0. The summed E-state index contributed by atoms with van der Waals surface area (Å²) in [5, 5.41) is 4.73. The van der Waals surface area contributed by atoms with Gasteiger partial charge in [-0.15, -0.1) is 0 Å². The minimum Gasteiger partial charge on any atom is -0.493 e. The van der Waals surface area contributed by atoms with Crippen LogP contribution < -0.4 is 4.74 Å². The number of fused-ring (bicyclic) bond motifs is 2. The van der Waals surface area contributed by atoms with Gasteiger partial charge < -0.3 is 9.15 Å². The highest BCUT2D eigenvalue weighted by atomic mass is 16.5. The zero-order valence-electron chi connectivity index (χ0n) is 14.1. The van der Waals surface area contributed by atoms with E-state index in [4.69, 9.17) is 14.7 Å². The van der Waals surface area contributed by atoms with E-state index in [0.29, 0.717) is 5.76 Å². The van der Waals surface area contributed by atoms with Crippen molar-refractivity contribution >= 4 is 11.0 Å². The molecular weight excluding hydrogens is 314 g/mol. The third-order valence-corrected chi connectivity index (χ3v) is 4.70. The molecule has 4 rings (SSSR count). The van der Waals surface area contributed by atoms with E-state index in [1.165, 1.54) is 16.7 Å². The molecule has 0 radical (unpaired) electrons. The Morgan fingerprint density at radius 2 is 1.92 bits per heavy atom. The lowest BCUT2D eigenvalue weighted by Crippen LogP contribution is -1.92. The summed E-state index contributed by atoms with van der Waals surface area (Å²) in [5.74, 6) is 1.73. The molecule has 3 aromatic rings. The minimum atomic E-state index is -0.297. The minimum absolute atomic E-state index is 0.297. The van der Waals surface area contributed by atoms with Crippen molar-refractivity contribution in [2.75, 3.05) is 6.61 Å². The van der Waals surface area contributed by atoms with Crippen molar-refractivity contribution in [2.45, 2.75) is 32.2 Å². The van der Waals surface area contributed by atoms with E-state index < -0.39 is 0 Å². The SMILES string of the molecule is CC(N=[N+]=[N-])c1cc2ccc(CCc3ccc4c(c3)CCO4)cc2o1. The summed E-state index contributed by atoms with van der Waals surface area (Å²) in [6, 6.07) is 14.4. The largest absolute Gasteiger partial charge is 0.493 e. The van der Waals surface area contributed by atoms with Crippen molar-refractivity contribution in [3.8, 4) is 5.75 Å². The van der Waals surface area contributed by atoms with Gasteiger partial charge >= 0.3 is 0 Å². The molecule has 1 aliphatic rings. The van der Waals surface area contributed by atoms with E-state index in [1.807, 2.05) is 13.0 Å². The second-order valence-electron chi connectivity index (χ2n) is 6.44. The Balaban J connectivity index is 1.50. The van der Waals surface area contributed by atoms with Gasteiger partial charge in [-0.25, -0.2) is 0 Å². The predicted octanol–water partition coefficient (Wildman–Crippen LogP) is 5.52. The molecule has 5 heteroatoms. The van der Waals surface area contributed by atoms with Crippen LogP contribution in [-0.2, 0) is 19.3 Å². The first-order valence-electron chi connectivity index (χ1n) is 8.54. The van der Waals surface area contributed by atoms with Crippen LogP contribution in [0.25, 0.3) is 21.4 Å². The molecule has 0 saturated heterocycles. The zero-order valence-corrected chi connectivity index (χ0v) is 14.1. The Labute approximate surface area is 145 Å². The molecule has 1 atom stereocenters. The predicted molar refractivity (Wildman–Crippen MR) is 96.8 cm³/mol. The third kappa shape index (κ3) is 3.19. The lowest BCUT2D eigenvalue weighted by molar-refractivity contribution is 0.357. The van der Waals surface area contributed by atoms with Gasteiger partial charge in [0, 0.05) is 16.7 Å². The molecular formula is C20H19N3O2.